The number of nitrogens with one attached hydrogen (secondary N) is 1. The van der Waals surface area contributed by atoms with E-state index in [0.717, 1.165) is 16.5 Å². The molecule has 0 radical (unpaired) electrons. The molecule has 0 fully saturated rings. The minimum Gasteiger partial charge on any atom is -0.507 e. The summed E-state index contributed by atoms with van der Waals surface area (Å²) in [4.78, 5) is 26.8. The highest BCUT2D eigenvalue weighted by Gasteiger charge is 2.15. The number of hydrogen-bond donors (Lipinski definition) is 2. The van der Waals surface area contributed by atoms with Gasteiger partial charge in [0, 0.05) is 17.8 Å². The number of carbonyl (C=O) groups excluding carboxylic acids is 1. The van der Waals surface area contributed by atoms with E-state index in [4.69, 9.17) is 4.42 Å². The van der Waals surface area contributed by atoms with Gasteiger partial charge in [-0.1, -0.05) is 18.2 Å². The van der Waals surface area contributed by atoms with Crippen LogP contribution in [-0.2, 0) is 0 Å². The number of aromatic amines is 1. The molecule has 3 aromatic rings. The molecule has 0 amide bonds. The van der Waals surface area contributed by atoms with Crippen LogP contribution in [0.1, 0.15) is 21.7 Å². The molecule has 5 nitrogen and oxygen atoms in total. The van der Waals surface area contributed by atoms with Crippen molar-refractivity contribution in [1.82, 2.24) is 4.98 Å². The van der Waals surface area contributed by atoms with E-state index in [1.807, 2.05) is 30.5 Å². The van der Waals surface area contributed by atoms with Crippen LogP contribution in [0.15, 0.2) is 51.8 Å². The summed E-state index contributed by atoms with van der Waals surface area (Å²) in [5, 5.41) is 10.8. The predicted molar refractivity (Wildman–Crippen MR) is 83.0 cm³/mol. The lowest BCUT2D eigenvalue weighted by atomic mass is 10.1. The highest BCUT2D eigenvalue weighted by molar-refractivity contribution is 6.08. The number of aromatic nitrogens is 1. The van der Waals surface area contributed by atoms with Gasteiger partial charge in [-0.05, 0) is 36.1 Å². The molecule has 22 heavy (non-hydrogen) atoms. The van der Waals surface area contributed by atoms with Gasteiger partial charge in [0.25, 0.3) is 0 Å². The molecule has 0 atom stereocenters. The molecule has 110 valence electrons. The Labute approximate surface area is 125 Å². The molecule has 2 aromatic heterocycles. The number of rotatable bonds is 3. The van der Waals surface area contributed by atoms with Crippen molar-refractivity contribution >= 4 is 22.8 Å². The van der Waals surface area contributed by atoms with Gasteiger partial charge in [0.15, 0.2) is 5.78 Å². The number of carbonyl (C=O) groups is 1. The fourth-order valence-electron chi connectivity index (χ4n) is 2.25. The first kappa shape index (κ1) is 13.9. The number of aryl methyl sites for hydroxylation is 1. The van der Waals surface area contributed by atoms with Crippen molar-refractivity contribution in [2.45, 2.75) is 6.92 Å². The van der Waals surface area contributed by atoms with Gasteiger partial charge in [0.2, 0.25) is 0 Å². The number of H-pyrrole nitrogens is 1. The number of benzene rings is 1. The predicted octanol–water partition coefficient (Wildman–Crippen LogP) is 3.03. The smallest absolute Gasteiger partial charge is 0.351 e. The highest BCUT2D eigenvalue weighted by atomic mass is 16.4. The lowest BCUT2D eigenvalue weighted by Gasteiger charge is -2.00. The van der Waals surface area contributed by atoms with Crippen LogP contribution in [0.25, 0.3) is 17.0 Å². The second-order valence-corrected chi connectivity index (χ2v) is 4.93. The first-order valence-corrected chi connectivity index (χ1v) is 6.68. The quantitative estimate of drug-likeness (QED) is 0.574. The molecule has 0 aliphatic heterocycles. The SMILES string of the molecule is Cc1cc(O)c(C(=O)C=Cc2ccc3cc[nH]c3c2)c(=O)o1. The Morgan fingerprint density at radius 3 is 2.86 bits per heavy atom. The average Bonchev–Trinajstić information content (AvgIpc) is 2.91. The highest BCUT2D eigenvalue weighted by Crippen LogP contribution is 2.17. The maximum atomic E-state index is 12.1. The Kier molecular flexibility index (Phi) is 3.39. The maximum absolute atomic E-state index is 12.1. The van der Waals surface area contributed by atoms with Crippen LogP contribution < -0.4 is 5.63 Å². The van der Waals surface area contributed by atoms with Crippen molar-refractivity contribution in [2.24, 2.45) is 0 Å². The van der Waals surface area contributed by atoms with Crippen LogP contribution >= 0.6 is 0 Å². The molecule has 0 saturated carbocycles. The summed E-state index contributed by atoms with van der Waals surface area (Å²) in [6, 6.07) is 8.86. The summed E-state index contributed by atoms with van der Waals surface area (Å²) >= 11 is 0. The van der Waals surface area contributed by atoms with Gasteiger partial charge in [0.05, 0.1) is 0 Å². The van der Waals surface area contributed by atoms with E-state index >= 15 is 0 Å². The number of fused-ring (bicyclic) bond motifs is 1. The zero-order valence-electron chi connectivity index (χ0n) is 11.8. The van der Waals surface area contributed by atoms with E-state index in [2.05, 4.69) is 4.98 Å². The van der Waals surface area contributed by atoms with Gasteiger partial charge < -0.3 is 14.5 Å². The summed E-state index contributed by atoms with van der Waals surface area (Å²) in [5.41, 5.74) is 0.557. The Hall–Kier alpha value is -3.08. The third kappa shape index (κ3) is 2.56. The topological polar surface area (TPSA) is 83.3 Å². The standard InChI is InChI=1S/C17H13NO4/c1-10-8-15(20)16(17(21)22-10)14(19)5-3-11-2-4-12-6-7-18-13(12)9-11/h2-9,18,20H,1H3. The molecule has 3 rings (SSSR count). The van der Waals surface area contributed by atoms with Crippen molar-refractivity contribution in [3.63, 3.8) is 0 Å². The van der Waals surface area contributed by atoms with E-state index in [1.165, 1.54) is 19.1 Å². The normalized spacial score (nSPS) is 11.3. The zero-order chi connectivity index (χ0) is 15.7. The van der Waals surface area contributed by atoms with E-state index in [1.54, 1.807) is 6.08 Å². The summed E-state index contributed by atoms with van der Waals surface area (Å²) in [6.07, 6.45) is 4.66. The molecule has 5 heteroatoms. The molecule has 1 aromatic carbocycles. The minimum atomic E-state index is -0.841. The Bertz CT molecular complexity index is 947. The van der Waals surface area contributed by atoms with Crippen molar-refractivity contribution in [1.29, 1.82) is 0 Å². The first-order valence-electron chi connectivity index (χ1n) is 6.68. The van der Waals surface area contributed by atoms with Crippen LogP contribution in [-0.4, -0.2) is 15.9 Å². The fraction of sp³-hybridized carbons (Fsp3) is 0.0588. The number of aromatic hydroxyl groups is 1. The van der Waals surface area contributed by atoms with Gasteiger partial charge in [-0.2, -0.15) is 0 Å². The van der Waals surface area contributed by atoms with E-state index < -0.39 is 11.4 Å². The number of allylic oxidation sites excluding steroid dienone is 1. The lowest BCUT2D eigenvalue weighted by molar-refractivity contribution is 0.104. The monoisotopic (exact) mass is 295 g/mol. The van der Waals surface area contributed by atoms with Crippen molar-refractivity contribution in [3.05, 3.63) is 69.9 Å². The molecule has 0 aliphatic rings. The molecule has 0 saturated heterocycles. The molecule has 0 spiro atoms. The molecule has 2 N–H and O–H groups in total. The lowest BCUT2D eigenvalue weighted by Crippen LogP contribution is -2.12. The van der Waals surface area contributed by atoms with Gasteiger partial charge in [0.1, 0.15) is 17.1 Å². The Morgan fingerprint density at radius 1 is 1.27 bits per heavy atom. The largest absolute Gasteiger partial charge is 0.507 e. The fourth-order valence-corrected chi connectivity index (χ4v) is 2.25. The third-order valence-corrected chi connectivity index (χ3v) is 3.31. The van der Waals surface area contributed by atoms with E-state index in [-0.39, 0.29) is 17.1 Å². The van der Waals surface area contributed by atoms with Gasteiger partial charge in [-0.25, -0.2) is 4.79 Å². The van der Waals surface area contributed by atoms with E-state index in [9.17, 15) is 14.7 Å². The molecule has 0 bridgehead atoms. The van der Waals surface area contributed by atoms with Crippen LogP contribution in [0, 0.1) is 6.92 Å². The number of ketones is 1. The molecule has 2 heterocycles. The molecule has 0 unspecified atom stereocenters. The first-order chi connectivity index (χ1) is 10.5. The zero-order valence-corrected chi connectivity index (χ0v) is 11.8. The third-order valence-electron chi connectivity index (χ3n) is 3.31. The second kappa shape index (κ2) is 5.37. The van der Waals surface area contributed by atoms with Crippen molar-refractivity contribution in [2.75, 3.05) is 0 Å². The summed E-state index contributed by atoms with van der Waals surface area (Å²) < 4.78 is 4.83. The summed E-state index contributed by atoms with van der Waals surface area (Å²) in [5.74, 6) is -0.721. The van der Waals surface area contributed by atoms with E-state index in [0.29, 0.717) is 0 Å². The summed E-state index contributed by atoms with van der Waals surface area (Å²) in [6.45, 7) is 1.52. The van der Waals surface area contributed by atoms with Crippen LogP contribution in [0.5, 0.6) is 5.75 Å². The Morgan fingerprint density at radius 2 is 2.09 bits per heavy atom. The second-order valence-electron chi connectivity index (χ2n) is 4.93. The van der Waals surface area contributed by atoms with Crippen molar-refractivity contribution < 1.29 is 14.3 Å². The van der Waals surface area contributed by atoms with Crippen LogP contribution in [0.3, 0.4) is 0 Å². The molecular weight excluding hydrogens is 282 g/mol. The van der Waals surface area contributed by atoms with Gasteiger partial charge >= 0.3 is 5.63 Å². The van der Waals surface area contributed by atoms with Gasteiger partial charge in [-0.15, -0.1) is 0 Å². The van der Waals surface area contributed by atoms with Crippen LogP contribution in [0.2, 0.25) is 0 Å². The average molecular weight is 295 g/mol. The van der Waals surface area contributed by atoms with Gasteiger partial charge in [-0.3, -0.25) is 4.79 Å². The molecular formula is C17H13NO4. The maximum Gasteiger partial charge on any atom is 0.351 e. The molecule has 0 aliphatic carbocycles. The number of hydrogen-bond acceptors (Lipinski definition) is 4. The summed E-state index contributed by atoms with van der Waals surface area (Å²) in [7, 11) is 0. The minimum absolute atomic E-state index is 0.250. The van der Waals surface area contributed by atoms with Crippen LogP contribution in [0.4, 0.5) is 0 Å². The van der Waals surface area contributed by atoms with Crippen molar-refractivity contribution in [3.8, 4) is 5.75 Å². The Balaban J connectivity index is 1.92.